The molecule has 3 atom stereocenters. The summed E-state index contributed by atoms with van der Waals surface area (Å²) in [7, 11) is 0. The van der Waals surface area contributed by atoms with E-state index in [2.05, 4.69) is 5.32 Å². The molecule has 1 heterocycles. The maximum atomic E-state index is 11.7. The quantitative estimate of drug-likeness (QED) is 0.510. The van der Waals surface area contributed by atoms with Crippen molar-refractivity contribution in [1.29, 1.82) is 0 Å². The van der Waals surface area contributed by atoms with Crippen LogP contribution in [0.1, 0.15) is 6.42 Å². The molecule has 0 aromatic carbocycles. The highest BCUT2D eigenvalue weighted by atomic mass is 32.2. The minimum atomic E-state index is -1.09. The van der Waals surface area contributed by atoms with Gasteiger partial charge in [0.2, 0.25) is 0 Å². The van der Waals surface area contributed by atoms with Crippen LogP contribution >= 0.6 is 11.8 Å². The number of nitrogens with zero attached hydrogens (tertiary/aromatic N) is 1. The molecular weight excluding hydrogens is 260 g/mol. The van der Waals surface area contributed by atoms with Crippen molar-refractivity contribution in [1.82, 2.24) is 10.2 Å². The number of amides is 2. The lowest BCUT2D eigenvalue weighted by Gasteiger charge is -2.20. The van der Waals surface area contributed by atoms with Crippen molar-refractivity contribution in [2.75, 3.05) is 25.1 Å². The van der Waals surface area contributed by atoms with E-state index < -0.39 is 30.3 Å². The van der Waals surface area contributed by atoms with Gasteiger partial charge in [0.25, 0.3) is 0 Å². The molecule has 104 valence electrons. The second-order valence-electron chi connectivity index (χ2n) is 4.16. The molecule has 0 aliphatic carbocycles. The van der Waals surface area contributed by atoms with Crippen LogP contribution in [0.2, 0.25) is 0 Å². The van der Waals surface area contributed by atoms with Gasteiger partial charge in [0, 0.05) is 0 Å². The predicted molar refractivity (Wildman–Crippen MR) is 66.5 cm³/mol. The lowest BCUT2D eigenvalue weighted by molar-refractivity contribution is -0.139. The van der Waals surface area contributed by atoms with Crippen LogP contribution in [0.25, 0.3) is 0 Å². The van der Waals surface area contributed by atoms with Gasteiger partial charge in [-0.25, -0.2) is 9.59 Å². The number of urea groups is 1. The van der Waals surface area contributed by atoms with Gasteiger partial charge in [-0.3, -0.25) is 0 Å². The first kappa shape index (κ1) is 15.1. The zero-order valence-corrected chi connectivity index (χ0v) is 10.9. The van der Waals surface area contributed by atoms with Crippen molar-refractivity contribution in [3.05, 3.63) is 0 Å². The number of aliphatic carboxylic acids is 1. The summed E-state index contributed by atoms with van der Waals surface area (Å²) in [5, 5.41) is 30.0. The summed E-state index contributed by atoms with van der Waals surface area (Å²) in [6, 6.07) is -1.51. The largest absolute Gasteiger partial charge is 0.480 e. The molecule has 2 unspecified atom stereocenters. The number of hydrogen-bond acceptors (Lipinski definition) is 5. The second-order valence-corrected chi connectivity index (χ2v) is 5.15. The molecule has 0 aromatic rings. The number of carbonyl (C=O) groups is 2. The first-order valence-corrected chi connectivity index (χ1v) is 6.98. The Bertz CT molecular complexity index is 305. The monoisotopic (exact) mass is 278 g/mol. The number of carboxylic acids is 1. The highest BCUT2D eigenvalue weighted by molar-refractivity contribution is 7.98. The van der Waals surface area contributed by atoms with E-state index >= 15 is 0 Å². The Morgan fingerprint density at radius 3 is 2.39 bits per heavy atom. The van der Waals surface area contributed by atoms with E-state index in [1.807, 2.05) is 6.26 Å². The maximum absolute atomic E-state index is 11.7. The SMILES string of the molecule is CSCC[C@@H](NC(=O)N1CC(O)C(O)C1)C(=O)O. The maximum Gasteiger partial charge on any atom is 0.326 e. The van der Waals surface area contributed by atoms with Gasteiger partial charge in [-0.05, 0) is 18.4 Å². The second kappa shape index (κ2) is 6.81. The standard InChI is InChI=1S/C10H18N2O5S/c1-18-3-2-6(9(15)16)11-10(17)12-4-7(13)8(14)5-12/h6-8,13-14H,2-5H2,1H3,(H,11,17)(H,15,16)/t6-,7?,8?/m1/s1. The first-order valence-electron chi connectivity index (χ1n) is 5.59. The molecule has 2 amide bonds. The Kier molecular flexibility index (Phi) is 5.70. The molecule has 0 aromatic heterocycles. The van der Waals surface area contributed by atoms with E-state index in [-0.39, 0.29) is 13.1 Å². The van der Waals surface area contributed by atoms with Crippen molar-refractivity contribution < 1.29 is 24.9 Å². The number of rotatable bonds is 5. The normalized spacial score (nSPS) is 24.9. The van der Waals surface area contributed by atoms with E-state index in [1.54, 1.807) is 0 Å². The van der Waals surface area contributed by atoms with Gasteiger partial charge in [0.1, 0.15) is 6.04 Å². The van der Waals surface area contributed by atoms with E-state index in [0.29, 0.717) is 12.2 Å². The van der Waals surface area contributed by atoms with Crippen molar-refractivity contribution in [3.8, 4) is 0 Å². The summed E-state index contributed by atoms with van der Waals surface area (Å²) in [6.07, 6.45) is 0.255. The number of nitrogens with one attached hydrogen (secondary N) is 1. The first-order chi connectivity index (χ1) is 8.45. The van der Waals surface area contributed by atoms with Crippen LogP contribution in [-0.4, -0.2) is 75.6 Å². The smallest absolute Gasteiger partial charge is 0.326 e. The highest BCUT2D eigenvalue weighted by Gasteiger charge is 2.33. The lowest BCUT2D eigenvalue weighted by atomic mass is 10.2. The van der Waals surface area contributed by atoms with Crippen LogP contribution in [0, 0.1) is 0 Å². The summed E-state index contributed by atoms with van der Waals surface area (Å²) >= 11 is 1.50. The number of aliphatic hydroxyl groups excluding tert-OH is 2. The summed E-state index contributed by atoms with van der Waals surface area (Å²) in [5.74, 6) is -0.458. The fraction of sp³-hybridized carbons (Fsp3) is 0.800. The van der Waals surface area contributed by atoms with Crippen molar-refractivity contribution in [3.63, 3.8) is 0 Å². The van der Waals surface area contributed by atoms with Crippen LogP contribution < -0.4 is 5.32 Å². The highest BCUT2D eigenvalue weighted by Crippen LogP contribution is 2.10. The minimum absolute atomic E-state index is 0.0157. The molecule has 1 aliphatic rings. The van der Waals surface area contributed by atoms with E-state index in [4.69, 9.17) is 5.11 Å². The summed E-state index contributed by atoms with van der Waals surface area (Å²) in [4.78, 5) is 23.9. The molecule has 0 bridgehead atoms. The van der Waals surface area contributed by atoms with E-state index in [1.165, 1.54) is 16.7 Å². The summed E-state index contributed by atoms with van der Waals surface area (Å²) < 4.78 is 0. The Balaban J connectivity index is 2.48. The minimum Gasteiger partial charge on any atom is -0.480 e. The molecule has 1 rings (SSSR count). The van der Waals surface area contributed by atoms with Gasteiger partial charge in [-0.2, -0.15) is 11.8 Å². The lowest BCUT2D eigenvalue weighted by Crippen LogP contribution is -2.47. The van der Waals surface area contributed by atoms with Crippen LogP contribution in [0.5, 0.6) is 0 Å². The fourth-order valence-electron chi connectivity index (χ4n) is 1.67. The molecule has 18 heavy (non-hydrogen) atoms. The predicted octanol–water partition coefficient (Wildman–Crippen LogP) is -1.06. The Morgan fingerprint density at radius 2 is 1.94 bits per heavy atom. The fourth-order valence-corrected chi connectivity index (χ4v) is 2.14. The topological polar surface area (TPSA) is 110 Å². The summed E-state index contributed by atoms with van der Waals surface area (Å²) in [5.41, 5.74) is 0. The third-order valence-electron chi connectivity index (χ3n) is 2.75. The zero-order chi connectivity index (χ0) is 13.7. The number of hydrogen-bond donors (Lipinski definition) is 4. The molecular formula is C10H18N2O5S. The summed E-state index contributed by atoms with van der Waals surface area (Å²) in [6.45, 7) is 0.0315. The molecule has 0 radical (unpaired) electrons. The number of likely N-dealkylation sites (tertiary alicyclic amines) is 1. The van der Waals surface area contributed by atoms with Gasteiger partial charge in [-0.15, -0.1) is 0 Å². The third-order valence-corrected chi connectivity index (χ3v) is 3.40. The van der Waals surface area contributed by atoms with Gasteiger partial charge < -0.3 is 25.5 Å². The molecule has 8 heteroatoms. The average Bonchev–Trinajstić information content (AvgIpc) is 2.64. The van der Waals surface area contributed by atoms with Gasteiger partial charge in [0.15, 0.2) is 0 Å². The van der Waals surface area contributed by atoms with Crippen LogP contribution in [0.3, 0.4) is 0 Å². The van der Waals surface area contributed by atoms with Crippen molar-refractivity contribution >= 4 is 23.8 Å². The zero-order valence-electron chi connectivity index (χ0n) is 10.1. The average molecular weight is 278 g/mol. The van der Waals surface area contributed by atoms with Crippen molar-refractivity contribution in [2.45, 2.75) is 24.7 Å². The Labute approximate surface area is 109 Å². The molecule has 7 nitrogen and oxygen atoms in total. The van der Waals surface area contributed by atoms with Gasteiger partial charge in [0.05, 0.1) is 25.3 Å². The van der Waals surface area contributed by atoms with Crippen LogP contribution in [-0.2, 0) is 4.79 Å². The van der Waals surface area contributed by atoms with Gasteiger partial charge >= 0.3 is 12.0 Å². The number of β-amino-alcohol motifs (C(OH)–C–C–N with tert-alkyl or cyclic N) is 2. The molecule has 0 spiro atoms. The molecule has 1 fully saturated rings. The van der Waals surface area contributed by atoms with E-state index in [9.17, 15) is 19.8 Å². The molecule has 0 saturated carbocycles. The number of carboxylic acid groups (broad SMARTS) is 1. The third kappa shape index (κ3) is 4.04. The Morgan fingerprint density at radius 1 is 1.39 bits per heavy atom. The van der Waals surface area contributed by atoms with E-state index in [0.717, 1.165) is 0 Å². The van der Waals surface area contributed by atoms with Crippen molar-refractivity contribution in [2.24, 2.45) is 0 Å². The molecule has 4 N–H and O–H groups in total. The van der Waals surface area contributed by atoms with Crippen LogP contribution in [0.15, 0.2) is 0 Å². The number of aliphatic hydroxyl groups is 2. The Hall–Kier alpha value is -0.990. The molecule has 1 saturated heterocycles. The van der Waals surface area contributed by atoms with Gasteiger partial charge in [-0.1, -0.05) is 0 Å². The molecule has 1 aliphatic heterocycles. The number of thioether (sulfide) groups is 1. The number of carbonyl (C=O) groups excluding carboxylic acids is 1. The van der Waals surface area contributed by atoms with Crippen LogP contribution in [0.4, 0.5) is 4.79 Å².